The number of amides is 1. The Morgan fingerprint density at radius 3 is 2.81 bits per heavy atom. The van der Waals surface area contributed by atoms with Gasteiger partial charge in [0.05, 0.1) is 29.1 Å². The Balaban J connectivity index is 1.60. The van der Waals surface area contributed by atoms with Crippen LogP contribution in [0, 0.1) is 5.92 Å². The Labute approximate surface area is 210 Å². The van der Waals surface area contributed by atoms with Gasteiger partial charge in [-0.25, -0.2) is 13.1 Å². The molecule has 4 rings (SSSR count). The molecule has 2 N–H and O–H groups in total. The van der Waals surface area contributed by atoms with Crippen LogP contribution >= 0.6 is 0 Å². The van der Waals surface area contributed by atoms with Crippen molar-refractivity contribution in [2.24, 2.45) is 5.92 Å². The van der Waals surface area contributed by atoms with Crippen LogP contribution < -0.4 is 10.0 Å². The molecule has 2 heterocycles. The van der Waals surface area contributed by atoms with E-state index in [4.69, 9.17) is 9.47 Å². The molecule has 2 aromatic carbocycles. The Morgan fingerprint density at radius 1 is 1.28 bits per heavy atom. The van der Waals surface area contributed by atoms with Crippen molar-refractivity contribution in [3.05, 3.63) is 54.2 Å². The fraction of sp³-hybridized carbons (Fsp3) is 0.400. The van der Waals surface area contributed by atoms with Crippen molar-refractivity contribution in [1.29, 1.82) is 0 Å². The van der Waals surface area contributed by atoms with Crippen LogP contribution in [0.3, 0.4) is 0 Å². The Hall–Kier alpha value is -3.28. The highest BCUT2D eigenvalue weighted by Gasteiger charge is 2.39. The Kier molecular flexibility index (Phi) is 7.72. The summed E-state index contributed by atoms with van der Waals surface area (Å²) in [6.45, 7) is 5.98. The zero-order chi connectivity index (χ0) is 25.9. The Bertz CT molecular complexity index is 1370. The van der Waals surface area contributed by atoms with Crippen LogP contribution in [-0.4, -0.2) is 49.0 Å². The zero-order valence-corrected chi connectivity index (χ0v) is 21.2. The molecule has 0 aliphatic carbocycles. The van der Waals surface area contributed by atoms with Crippen LogP contribution in [-0.2, 0) is 42.1 Å². The monoisotopic (exact) mass is 514 g/mol. The number of para-hydroxylation sites is 1. The minimum atomic E-state index is -4.03. The molecule has 1 aliphatic rings. The number of benzene rings is 2. The molecule has 1 aliphatic heterocycles. The molecule has 36 heavy (non-hydrogen) atoms. The number of nitrogens with one attached hydrogen (secondary N) is 2. The van der Waals surface area contributed by atoms with E-state index in [9.17, 15) is 18.0 Å². The number of cyclic esters (lactones) is 1. The van der Waals surface area contributed by atoms with Crippen molar-refractivity contribution in [1.82, 2.24) is 14.5 Å². The van der Waals surface area contributed by atoms with Crippen molar-refractivity contribution >= 4 is 38.5 Å². The van der Waals surface area contributed by atoms with E-state index in [0.717, 1.165) is 10.9 Å². The number of esters is 1. The van der Waals surface area contributed by atoms with E-state index in [-0.39, 0.29) is 29.7 Å². The average molecular weight is 515 g/mol. The second kappa shape index (κ2) is 10.8. The van der Waals surface area contributed by atoms with Gasteiger partial charge in [0.2, 0.25) is 22.2 Å². The molecule has 0 bridgehead atoms. The molecule has 10 nitrogen and oxygen atoms in total. The SMILES string of the molecule is CCOC1OC(=O)CC1NS(=O)(=O)c1ccc(NC(C)=O)cc1C[C@H](C)Cn1ncc2ccccc21. The van der Waals surface area contributed by atoms with Crippen LogP contribution in [0.15, 0.2) is 53.6 Å². The highest BCUT2D eigenvalue weighted by atomic mass is 32.2. The molecule has 11 heteroatoms. The van der Waals surface area contributed by atoms with Gasteiger partial charge >= 0.3 is 5.97 Å². The summed E-state index contributed by atoms with van der Waals surface area (Å²) < 4.78 is 41.8. The van der Waals surface area contributed by atoms with Gasteiger partial charge in [0.25, 0.3) is 0 Å². The highest BCUT2D eigenvalue weighted by molar-refractivity contribution is 7.89. The summed E-state index contributed by atoms with van der Waals surface area (Å²) in [4.78, 5) is 23.5. The molecular formula is C25H30N4O6S. The molecule has 1 saturated heterocycles. The van der Waals surface area contributed by atoms with E-state index in [0.29, 0.717) is 24.2 Å². The number of carbonyl (C=O) groups excluding carboxylic acids is 2. The van der Waals surface area contributed by atoms with Gasteiger partial charge in [-0.3, -0.25) is 14.3 Å². The average Bonchev–Trinajstić information content (AvgIpc) is 3.36. The zero-order valence-electron chi connectivity index (χ0n) is 20.4. The minimum absolute atomic E-state index is 0.0161. The number of carbonyl (C=O) groups is 2. The largest absolute Gasteiger partial charge is 0.434 e. The number of sulfonamides is 1. The molecule has 3 aromatic rings. The predicted octanol–water partition coefficient (Wildman–Crippen LogP) is 2.83. The second-order valence-electron chi connectivity index (χ2n) is 8.94. The van der Waals surface area contributed by atoms with Crippen molar-refractivity contribution < 1.29 is 27.5 Å². The van der Waals surface area contributed by atoms with Gasteiger partial charge in [-0.15, -0.1) is 0 Å². The van der Waals surface area contributed by atoms with Gasteiger partial charge in [0, 0.05) is 31.1 Å². The molecule has 3 atom stereocenters. The van der Waals surface area contributed by atoms with E-state index in [1.165, 1.54) is 13.0 Å². The summed E-state index contributed by atoms with van der Waals surface area (Å²) in [6.07, 6.45) is 1.11. The third kappa shape index (κ3) is 5.92. The lowest BCUT2D eigenvalue weighted by Crippen LogP contribution is -2.41. The van der Waals surface area contributed by atoms with E-state index < -0.39 is 28.3 Å². The maximum atomic E-state index is 13.4. The van der Waals surface area contributed by atoms with Crippen LogP contribution in [0.2, 0.25) is 0 Å². The minimum Gasteiger partial charge on any atom is -0.434 e. The number of rotatable bonds is 10. The number of ether oxygens (including phenoxy) is 2. The number of nitrogens with zero attached hydrogens (tertiary/aromatic N) is 2. The smallest absolute Gasteiger partial charge is 0.310 e. The van der Waals surface area contributed by atoms with Crippen LogP contribution in [0.25, 0.3) is 10.9 Å². The van der Waals surface area contributed by atoms with Crippen LogP contribution in [0.5, 0.6) is 0 Å². The number of fused-ring (bicyclic) bond motifs is 1. The first-order valence-electron chi connectivity index (χ1n) is 11.8. The number of aromatic nitrogens is 2. The lowest BCUT2D eigenvalue weighted by atomic mass is 10.0. The first kappa shape index (κ1) is 25.8. The quantitative estimate of drug-likeness (QED) is 0.398. The molecule has 1 fully saturated rings. The fourth-order valence-electron chi connectivity index (χ4n) is 4.40. The summed E-state index contributed by atoms with van der Waals surface area (Å²) in [5.74, 6) is -0.767. The van der Waals surface area contributed by atoms with Crippen LogP contribution in [0.1, 0.15) is 32.8 Å². The lowest BCUT2D eigenvalue weighted by Gasteiger charge is -2.21. The van der Waals surface area contributed by atoms with Gasteiger partial charge in [-0.1, -0.05) is 25.1 Å². The number of hydrogen-bond donors (Lipinski definition) is 2. The molecule has 1 amide bonds. The standard InChI is InChI=1S/C25H30N4O6S/c1-4-34-25-21(13-24(31)35-25)28-36(32,33)23-10-9-20(27-17(3)30)12-19(23)11-16(2)15-29-22-8-6-5-7-18(22)14-26-29/h5-10,12,14,16,21,25,28H,4,11,13,15H2,1-3H3,(H,27,30)/t16-,21?,25?/m0/s1. The summed E-state index contributed by atoms with van der Waals surface area (Å²) in [5, 5.41) is 8.22. The maximum Gasteiger partial charge on any atom is 0.310 e. The molecule has 1 aromatic heterocycles. The molecule has 0 saturated carbocycles. The predicted molar refractivity (Wildman–Crippen MR) is 134 cm³/mol. The summed E-state index contributed by atoms with van der Waals surface area (Å²) in [5.41, 5.74) is 2.04. The second-order valence-corrected chi connectivity index (χ2v) is 10.6. The van der Waals surface area contributed by atoms with E-state index in [1.54, 1.807) is 25.3 Å². The number of anilines is 1. The fourth-order valence-corrected chi connectivity index (χ4v) is 5.85. The van der Waals surface area contributed by atoms with E-state index >= 15 is 0 Å². The third-order valence-corrected chi connectivity index (χ3v) is 7.46. The normalized spacial score (nSPS) is 18.8. The van der Waals surface area contributed by atoms with Gasteiger partial charge in [0.15, 0.2) is 0 Å². The highest BCUT2D eigenvalue weighted by Crippen LogP contribution is 2.26. The molecule has 2 unspecified atom stereocenters. The first-order chi connectivity index (χ1) is 17.2. The third-order valence-electron chi connectivity index (χ3n) is 5.87. The summed E-state index contributed by atoms with van der Waals surface area (Å²) >= 11 is 0. The van der Waals surface area contributed by atoms with Crippen molar-refractivity contribution in [3.8, 4) is 0 Å². The van der Waals surface area contributed by atoms with E-state index in [1.807, 2.05) is 35.9 Å². The molecule has 0 radical (unpaired) electrons. The molecule has 192 valence electrons. The van der Waals surface area contributed by atoms with E-state index in [2.05, 4.69) is 15.1 Å². The molecular weight excluding hydrogens is 484 g/mol. The van der Waals surface area contributed by atoms with Crippen molar-refractivity contribution in [2.75, 3.05) is 11.9 Å². The van der Waals surface area contributed by atoms with Crippen LogP contribution in [0.4, 0.5) is 5.69 Å². The molecule has 0 spiro atoms. The number of hydrogen-bond acceptors (Lipinski definition) is 7. The van der Waals surface area contributed by atoms with Gasteiger partial charge in [-0.2, -0.15) is 5.10 Å². The van der Waals surface area contributed by atoms with Gasteiger partial charge in [-0.05, 0) is 49.1 Å². The lowest BCUT2D eigenvalue weighted by molar-refractivity contribution is -0.163. The van der Waals surface area contributed by atoms with Crippen molar-refractivity contribution in [3.63, 3.8) is 0 Å². The Morgan fingerprint density at radius 2 is 2.06 bits per heavy atom. The summed E-state index contributed by atoms with van der Waals surface area (Å²) in [7, 11) is -4.03. The maximum absolute atomic E-state index is 13.4. The topological polar surface area (TPSA) is 129 Å². The van der Waals surface area contributed by atoms with Gasteiger partial charge < -0.3 is 14.8 Å². The van der Waals surface area contributed by atoms with Gasteiger partial charge in [0.1, 0.15) is 0 Å². The first-order valence-corrected chi connectivity index (χ1v) is 13.3. The summed E-state index contributed by atoms with van der Waals surface area (Å²) in [6, 6.07) is 11.7. The van der Waals surface area contributed by atoms with Crippen molar-refractivity contribution in [2.45, 2.75) is 57.4 Å².